The minimum Gasteiger partial charge on any atom is -0.309 e. The number of hydrogen-bond acceptors (Lipinski definition) is 4. The number of aromatic nitrogens is 6. The molecule has 7 aromatic carbocycles. The van der Waals surface area contributed by atoms with Crippen molar-refractivity contribution in [1.29, 1.82) is 0 Å². The van der Waals surface area contributed by atoms with E-state index in [-0.39, 0.29) is 5.69 Å². The van der Waals surface area contributed by atoms with E-state index >= 15 is 4.39 Å². The SMILES string of the molecule is Fc1cccc(-n2c3ccccc3c3c4c5ccccc5n(-c5ccc(-c6nc(-c7ccccc7)nc(-c7ccc(-c8cccnc8)cc7)n6)cc5)c4ccc32)c1F. The summed E-state index contributed by atoms with van der Waals surface area (Å²) >= 11 is 0. The first-order valence-electron chi connectivity index (χ1n) is 18.9. The summed E-state index contributed by atoms with van der Waals surface area (Å²) in [6, 6.07) is 55.0. The molecule has 0 atom stereocenters. The standard InChI is InChI=1S/C50H30F2N6/c51-39-15-8-18-44(47(39)52)58-41-17-7-5-14-38(41)46-43(58)28-27-42-45(46)37-13-4-6-16-40(37)57(42)36-25-23-34(24-26-36)50-55-48(32-10-2-1-3-11-32)54-49(56-50)33-21-19-31(20-22-33)35-12-9-29-53-30-35/h1-30H. The highest BCUT2D eigenvalue weighted by Gasteiger charge is 2.22. The quantitative estimate of drug-likeness (QED) is 0.170. The molecule has 0 aliphatic heterocycles. The average Bonchev–Trinajstić information content (AvgIpc) is 3.81. The van der Waals surface area contributed by atoms with Gasteiger partial charge in [-0.3, -0.25) is 4.98 Å². The van der Waals surface area contributed by atoms with Gasteiger partial charge in [0.25, 0.3) is 0 Å². The first kappa shape index (κ1) is 33.5. The molecule has 11 rings (SSSR count). The predicted octanol–water partition coefficient (Wildman–Crippen LogP) is 12.4. The summed E-state index contributed by atoms with van der Waals surface area (Å²) in [5.74, 6) is -0.0375. The monoisotopic (exact) mass is 752 g/mol. The fourth-order valence-electron chi connectivity index (χ4n) is 8.18. The molecule has 0 fully saturated rings. The van der Waals surface area contributed by atoms with Crippen molar-refractivity contribution in [3.8, 4) is 56.7 Å². The van der Waals surface area contributed by atoms with E-state index in [9.17, 15) is 4.39 Å². The van der Waals surface area contributed by atoms with Crippen LogP contribution in [0.25, 0.3) is 100 Å². The lowest BCUT2D eigenvalue weighted by Gasteiger charge is -2.11. The third-order valence-electron chi connectivity index (χ3n) is 10.8. The first-order chi connectivity index (χ1) is 28.6. The summed E-state index contributed by atoms with van der Waals surface area (Å²) in [4.78, 5) is 19.2. The van der Waals surface area contributed by atoms with Gasteiger partial charge in [-0.15, -0.1) is 0 Å². The Morgan fingerprint density at radius 1 is 0.379 bits per heavy atom. The molecule has 58 heavy (non-hydrogen) atoms. The van der Waals surface area contributed by atoms with Gasteiger partial charge < -0.3 is 9.13 Å². The normalized spacial score (nSPS) is 11.6. The highest BCUT2D eigenvalue weighted by Crippen LogP contribution is 2.43. The van der Waals surface area contributed by atoms with Crippen molar-refractivity contribution >= 4 is 43.6 Å². The minimum absolute atomic E-state index is 0.170. The number of pyridine rings is 1. The molecule has 0 saturated heterocycles. The molecule has 4 aromatic heterocycles. The Hall–Kier alpha value is -7.84. The third kappa shape index (κ3) is 5.38. The molecule has 0 aliphatic rings. The maximum absolute atomic E-state index is 15.4. The van der Waals surface area contributed by atoms with E-state index in [1.165, 1.54) is 0 Å². The Morgan fingerprint density at radius 3 is 1.52 bits per heavy atom. The van der Waals surface area contributed by atoms with Gasteiger partial charge in [0.15, 0.2) is 29.1 Å². The number of halogens is 2. The number of para-hydroxylation sites is 2. The van der Waals surface area contributed by atoms with Crippen LogP contribution < -0.4 is 0 Å². The largest absolute Gasteiger partial charge is 0.309 e. The molecule has 0 N–H and O–H groups in total. The van der Waals surface area contributed by atoms with Crippen LogP contribution in [0.1, 0.15) is 0 Å². The molecular weight excluding hydrogens is 723 g/mol. The van der Waals surface area contributed by atoms with Crippen molar-refractivity contribution in [2.45, 2.75) is 0 Å². The third-order valence-corrected chi connectivity index (χ3v) is 10.8. The number of rotatable bonds is 6. The molecule has 0 unspecified atom stereocenters. The van der Waals surface area contributed by atoms with Crippen LogP contribution >= 0.6 is 0 Å². The van der Waals surface area contributed by atoms with E-state index in [1.807, 2.05) is 120 Å². The Bertz CT molecular complexity index is 3340. The summed E-state index contributed by atoms with van der Waals surface area (Å²) in [5.41, 5.74) is 9.45. The van der Waals surface area contributed by atoms with Crippen LogP contribution in [0, 0.1) is 11.6 Å². The molecule has 0 saturated carbocycles. The van der Waals surface area contributed by atoms with E-state index in [0.29, 0.717) is 17.5 Å². The molecule has 0 aliphatic carbocycles. The summed E-state index contributed by atoms with van der Waals surface area (Å²) in [6.45, 7) is 0. The van der Waals surface area contributed by atoms with Gasteiger partial charge in [-0.05, 0) is 77.9 Å². The topological polar surface area (TPSA) is 61.4 Å². The van der Waals surface area contributed by atoms with Gasteiger partial charge in [-0.25, -0.2) is 23.7 Å². The molecular formula is C50H30F2N6. The van der Waals surface area contributed by atoms with Crippen molar-refractivity contribution in [3.05, 3.63) is 194 Å². The Balaban J connectivity index is 1.06. The molecule has 8 heteroatoms. The fourth-order valence-corrected chi connectivity index (χ4v) is 8.18. The van der Waals surface area contributed by atoms with Crippen molar-refractivity contribution in [2.24, 2.45) is 0 Å². The average molecular weight is 753 g/mol. The summed E-state index contributed by atoms with van der Waals surface area (Å²) in [7, 11) is 0. The zero-order chi connectivity index (χ0) is 38.7. The second-order valence-corrected chi connectivity index (χ2v) is 14.2. The van der Waals surface area contributed by atoms with Gasteiger partial charge in [0.1, 0.15) is 0 Å². The fraction of sp³-hybridized carbons (Fsp3) is 0. The van der Waals surface area contributed by atoms with E-state index in [1.54, 1.807) is 18.3 Å². The summed E-state index contributed by atoms with van der Waals surface area (Å²) < 4.78 is 34.1. The number of hydrogen-bond donors (Lipinski definition) is 0. The van der Waals surface area contributed by atoms with Crippen molar-refractivity contribution in [1.82, 2.24) is 29.1 Å². The lowest BCUT2D eigenvalue weighted by atomic mass is 10.1. The van der Waals surface area contributed by atoms with Gasteiger partial charge in [0.05, 0.1) is 27.8 Å². The zero-order valence-corrected chi connectivity index (χ0v) is 30.8. The minimum atomic E-state index is -0.885. The highest BCUT2D eigenvalue weighted by atomic mass is 19.2. The zero-order valence-electron chi connectivity index (χ0n) is 30.8. The van der Waals surface area contributed by atoms with Crippen LogP contribution in [0.5, 0.6) is 0 Å². The molecule has 274 valence electrons. The lowest BCUT2D eigenvalue weighted by Crippen LogP contribution is -2.00. The van der Waals surface area contributed by atoms with Gasteiger partial charge in [-0.2, -0.15) is 0 Å². The van der Waals surface area contributed by atoms with Crippen LogP contribution in [0.3, 0.4) is 0 Å². The van der Waals surface area contributed by atoms with Crippen LogP contribution in [0.2, 0.25) is 0 Å². The van der Waals surface area contributed by atoms with Crippen molar-refractivity contribution in [3.63, 3.8) is 0 Å². The number of benzene rings is 7. The Morgan fingerprint density at radius 2 is 0.897 bits per heavy atom. The Kier molecular flexibility index (Phi) is 7.75. The van der Waals surface area contributed by atoms with E-state index in [4.69, 9.17) is 15.0 Å². The van der Waals surface area contributed by atoms with Crippen LogP contribution in [-0.2, 0) is 0 Å². The Labute approximate surface area is 331 Å². The molecule has 11 aromatic rings. The van der Waals surface area contributed by atoms with Gasteiger partial charge in [0, 0.05) is 56.3 Å². The maximum atomic E-state index is 15.4. The highest BCUT2D eigenvalue weighted by molar-refractivity contribution is 6.28. The van der Waals surface area contributed by atoms with Gasteiger partial charge >= 0.3 is 0 Å². The van der Waals surface area contributed by atoms with Gasteiger partial charge in [-0.1, -0.05) is 103 Å². The van der Waals surface area contributed by atoms with Crippen LogP contribution in [-0.4, -0.2) is 29.1 Å². The number of nitrogens with zero attached hydrogens (tertiary/aromatic N) is 6. The van der Waals surface area contributed by atoms with Crippen molar-refractivity contribution < 1.29 is 8.78 Å². The second kappa shape index (κ2) is 13.4. The second-order valence-electron chi connectivity index (χ2n) is 14.2. The molecule has 0 amide bonds. The van der Waals surface area contributed by atoms with Crippen LogP contribution in [0.15, 0.2) is 182 Å². The smallest absolute Gasteiger partial charge is 0.182 e. The molecule has 0 bridgehead atoms. The first-order valence-corrected chi connectivity index (χ1v) is 18.9. The van der Waals surface area contributed by atoms with E-state index in [0.717, 1.165) is 83.2 Å². The van der Waals surface area contributed by atoms with E-state index < -0.39 is 11.6 Å². The number of fused-ring (bicyclic) bond motifs is 7. The van der Waals surface area contributed by atoms with E-state index in [2.05, 4.69) is 52.0 Å². The van der Waals surface area contributed by atoms with Gasteiger partial charge in [0.2, 0.25) is 0 Å². The van der Waals surface area contributed by atoms with Crippen LogP contribution in [0.4, 0.5) is 8.78 Å². The molecule has 6 nitrogen and oxygen atoms in total. The van der Waals surface area contributed by atoms with Crippen molar-refractivity contribution in [2.75, 3.05) is 0 Å². The molecule has 0 radical (unpaired) electrons. The summed E-state index contributed by atoms with van der Waals surface area (Å²) in [6.07, 6.45) is 3.62. The molecule has 0 spiro atoms. The lowest BCUT2D eigenvalue weighted by molar-refractivity contribution is 0.505. The summed E-state index contributed by atoms with van der Waals surface area (Å²) in [5, 5.41) is 4.02. The maximum Gasteiger partial charge on any atom is 0.182 e. The predicted molar refractivity (Wildman–Crippen MR) is 228 cm³/mol. The molecule has 4 heterocycles.